The highest BCUT2D eigenvalue weighted by molar-refractivity contribution is 7.16. The van der Waals surface area contributed by atoms with Gasteiger partial charge in [-0.15, -0.1) is 0 Å². The summed E-state index contributed by atoms with van der Waals surface area (Å²) >= 11 is 0. The fraction of sp³-hybridized carbons (Fsp3) is 0.100. The van der Waals surface area contributed by atoms with Crippen molar-refractivity contribution in [1.82, 2.24) is 0 Å². The third-order valence-corrected chi connectivity index (χ3v) is 11.7. The second-order valence-corrected chi connectivity index (χ2v) is 12.4. The number of carbonyl (C=O) groups excluding carboxylic acids is 1. The Morgan fingerprint density at radius 1 is 0.531 bits per heavy atom. The second kappa shape index (κ2) is 8.94. The molecule has 0 atom stereocenters. The van der Waals surface area contributed by atoms with Crippen LogP contribution >= 0.6 is 0 Å². The molecule has 1 aliphatic heterocycles. The van der Waals surface area contributed by atoms with Gasteiger partial charge in [0.25, 0.3) is 0 Å². The van der Waals surface area contributed by atoms with Gasteiger partial charge in [0.15, 0.2) is 5.78 Å². The zero-order valence-electron chi connectivity index (χ0n) is 18.1. The quantitative estimate of drug-likeness (QED) is 0.376. The molecule has 0 fully saturated rings. The van der Waals surface area contributed by atoms with Crippen molar-refractivity contribution in [2.75, 3.05) is 0 Å². The van der Waals surface area contributed by atoms with Crippen molar-refractivity contribution in [3.8, 4) is 0 Å². The van der Waals surface area contributed by atoms with Gasteiger partial charge >= 0.3 is 0 Å². The molecule has 0 bridgehead atoms. The van der Waals surface area contributed by atoms with Gasteiger partial charge in [-0.1, -0.05) is 121 Å². The minimum atomic E-state index is -2.48. The number of hydrogen-bond donors (Lipinski definition) is 0. The van der Waals surface area contributed by atoms with E-state index in [-0.39, 0.29) is 5.78 Å². The van der Waals surface area contributed by atoms with Crippen LogP contribution in [0.5, 0.6) is 0 Å². The smallest absolute Gasteiger partial charge is 0.163 e. The summed E-state index contributed by atoms with van der Waals surface area (Å²) < 4.78 is 0. The molecular formula is C30H26OSi. The molecule has 0 amide bonds. The number of Topliss-reactive ketones (excluding diaryl/α,β-unsaturated/α-hetero) is 1. The highest BCUT2D eigenvalue weighted by Gasteiger charge is 2.45. The van der Waals surface area contributed by atoms with Crippen molar-refractivity contribution >= 4 is 35.0 Å². The Bertz CT molecular complexity index is 1190. The largest absolute Gasteiger partial charge is 0.294 e. The summed E-state index contributed by atoms with van der Waals surface area (Å²) in [5.41, 5.74) is 3.11. The summed E-state index contributed by atoms with van der Waals surface area (Å²) in [5, 5.41) is 3.99. The molecule has 0 aromatic heterocycles. The van der Waals surface area contributed by atoms with E-state index in [2.05, 4.69) is 103 Å². The van der Waals surface area contributed by atoms with Crippen LogP contribution in [0.4, 0.5) is 0 Å². The van der Waals surface area contributed by atoms with Gasteiger partial charge in [0.05, 0.1) is 0 Å². The van der Waals surface area contributed by atoms with E-state index in [0.29, 0.717) is 6.42 Å². The molecule has 32 heavy (non-hydrogen) atoms. The van der Waals surface area contributed by atoms with Crippen molar-refractivity contribution in [3.63, 3.8) is 0 Å². The Hall–Kier alpha value is -3.49. The van der Waals surface area contributed by atoms with Gasteiger partial charge in [-0.3, -0.25) is 4.79 Å². The molecule has 0 N–H and O–H groups in total. The molecule has 0 saturated carbocycles. The van der Waals surface area contributed by atoms with Crippen LogP contribution in [0.1, 0.15) is 24.0 Å². The lowest BCUT2D eigenvalue weighted by Gasteiger charge is -2.36. The highest BCUT2D eigenvalue weighted by atomic mass is 28.3. The Balaban J connectivity index is 1.96. The van der Waals surface area contributed by atoms with Gasteiger partial charge in [0.2, 0.25) is 0 Å². The second-order valence-electron chi connectivity index (χ2n) is 8.40. The van der Waals surface area contributed by atoms with Crippen molar-refractivity contribution in [2.45, 2.75) is 18.9 Å². The van der Waals surface area contributed by atoms with Crippen LogP contribution in [0.25, 0.3) is 10.8 Å². The number of hydrogen-bond acceptors (Lipinski definition) is 1. The lowest BCUT2D eigenvalue weighted by Crippen LogP contribution is -2.59. The number of benzene rings is 4. The molecule has 0 saturated heterocycles. The fourth-order valence-corrected chi connectivity index (χ4v) is 10.6. The van der Waals surface area contributed by atoms with E-state index in [1.807, 2.05) is 18.2 Å². The van der Waals surface area contributed by atoms with Crippen LogP contribution < -0.4 is 10.4 Å². The predicted octanol–water partition coefficient (Wildman–Crippen LogP) is 5.76. The standard InChI is InChI=1S/C30H26OSi/c31-28-22-13-23-32(26-18-9-3-10-19-26,27-20-11-4-12-21-27)30(25-16-7-2-8-17-25)29(28)24-14-5-1-6-15-24/h1-12,14-21H,13,22-23H2. The van der Waals surface area contributed by atoms with Crippen LogP contribution in [-0.2, 0) is 4.79 Å². The molecular weight excluding hydrogens is 404 g/mol. The summed E-state index contributed by atoms with van der Waals surface area (Å²) in [6.07, 6.45) is 1.50. The lowest BCUT2D eigenvalue weighted by atomic mass is 9.96. The first-order chi connectivity index (χ1) is 15.8. The molecule has 1 aliphatic rings. The molecule has 0 unspecified atom stereocenters. The molecule has 4 aromatic rings. The zero-order valence-corrected chi connectivity index (χ0v) is 19.1. The summed E-state index contributed by atoms with van der Waals surface area (Å²) in [6, 6.07) is 43.8. The average molecular weight is 431 g/mol. The lowest BCUT2D eigenvalue weighted by molar-refractivity contribution is -0.113. The molecule has 0 radical (unpaired) electrons. The monoisotopic (exact) mass is 430 g/mol. The first-order valence-corrected chi connectivity index (χ1v) is 13.5. The van der Waals surface area contributed by atoms with E-state index in [1.165, 1.54) is 21.1 Å². The van der Waals surface area contributed by atoms with Crippen LogP contribution in [-0.4, -0.2) is 13.9 Å². The van der Waals surface area contributed by atoms with E-state index in [0.717, 1.165) is 23.6 Å². The van der Waals surface area contributed by atoms with Gasteiger partial charge in [-0.25, -0.2) is 0 Å². The van der Waals surface area contributed by atoms with Crippen molar-refractivity contribution in [3.05, 3.63) is 132 Å². The number of carbonyl (C=O) groups is 1. The van der Waals surface area contributed by atoms with E-state index in [4.69, 9.17) is 0 Å². The third kappa shape index (κ3) is 3.57. The zero-order chi connectivity index (χ0) is 21.8. The van der Waals surface area contributed by atoms with E-state index >= 15 is 0 Å². The minimum absolute atomic E-state index is 0.260. The number of allylic oxidation sites excluding steroid dienone is 1. The normalized spacial score (nSPS) is 15.9. The molecule has 1 heterocycles. The Labute approximate surface area is 191 Å². The molecule has 156 valence electrons. The molecule has 0 aliphatic carbocycles. The Kier molecular flexibility index (Phi) is 5.70. The average Bonchev–Trinajstić information content (AvgIpc) is 3.03. The van der Waals surface area contributed by atoms with E-state index in [9.17, 15) is 4.79 Å². The summed E-state index contributed by atoms with van der Waals surface area (Å²) in [7, 11) is -2.48. The molecule has 1 nitrogen and oxygen atoms in total. The SMILES string of the molecule is O=C1CCC[Si](c2ccccc2)(c2ccccc2)C(c2ccccc2)=C1c1ccccc1. The topological polar surface area (TPSA) is 17.1 Å². The van der Waals surface area contributed by atoms with E-state index < -0.39 is 8.07 Å². The Morgan fingerprint density at radius 3 is 1.47 bits per heavy atom. The Morgan fingerprint density at radius 2 is 0.969 bits per heavy atom. The van der Waals surface area contributed by atoms with Crippen LogP contribution in [0.3, 0.4) is 0 Å². The molecule has 0 spiro atoms. The van der Waals surface area contributed by atoms with Crippen LogP contribution in [0, 0.1) is 0 Å². The summed E-state index contributed by atoms with van der Waals surface area (Å²) in [5.74, 6) is 0.260. The van der Waals surface area contributed by atoms with Gasteiger partial charge in [0, 0.05) is 12.0 Å². The molecule has 2 heteroatoms. The molecule has 4 aromatic carbocycles. The van der Waals surface area contributed by atoms with Crippen LogP contribution in [0.15, 0.2) is 121 Å². The number of rotatable bonds is 4. The van der Waals surface area contributed by atoms with Crippen molar-refractivity contribution in [1.29, 1.82) is 0 Å². The first-order valence-electron chi connectivity index (χ1n) is 11.3. The van der Waals surface area contributed by atoms with Gasteiger partial charge < -0.3 is 0 Å². The maximum Gasteiger partial charge on any atom is 0.163 e. The fourth-order valence-electron chi connectivity index (χ4n) is 5.21. The maximum atomic E-state index is 13.7. The van der Waals surface area contributed by atoms with Crippen molar-refractivity contribution in [2.24, 2.45) is 0 Å². The highest BCUT2D eigenvalue weighted by Crippen LogP contribution is 2.40. The van der Waals surface area contributed by atoms with Crippen molar-refractivity contribution < 1.29 is 4.79 Å². The minimum Gasteiger partial charge on any atom is -0.294 e. The first kappa shape index (κ1) is 20.4. The van der Waals surface area contributed by atoms with Gasteiger partial charge in [0.1, 0.15) is 8.07 Å². The maximum absolute atomic E-state index is 13.7. The van der Waals surface area contributed by atoms with Crippen LogP contribution in [0.2, 0.25) is 6.04 Å². The predicted molar refractivity (Wildman–Crippen MR) is 137 cm³/mol. The number of ketones is 1. The van der Waals surface area contributed by atoms with Gasteiger partial charge in [-0.2, -0.15) is 0 Å². The summed E-state index contributed by atoms with van der Waals surface area (Å²) in [6.45, 7) is 0. The third-order valence-electron chi connectivity index (χ3n) is 6.57. The van der Waals surface area contributed by atoms with Gasteiger partial charge in [-0.05, 0) is 39.2 Å². The molecule has 5 rings (SSSR count). The van der Waals surface area contributed by atoms with E-state index in [1.54, 1.807) is 0 Å². The summed E-state index contributed by atoms with van der Waals surface area (Å²) in [4.78, 5) is 13.7.